The molecule has 1 aromatic heterocycles. The first-order chi connectivity index (χ1) is 8.63. The first-order valence-corrected chi connectivity index (χ1v) is 6.35. The van der Waals surface area contributed by atoms with E-state index >= 15 is 0 Å². The van der Waals surface area contributed by atoms with Gasteiger partial charge in [-0.2, -0.15) is 0 Å². The highest BCUT2D eigenvalue weighted by Gasteiger charge is 2.28. The number of aromatic nitrogens is 1. The molecule has 0 spiro atoms. The third kappa shape index (κ3) is 2.46. The number of pyridine rings is 1. The summed E-state index contributed by atoms with van der Waals surface area (Å²) in [5, 5.41) is 0. The van der Waals surface area contributed by atoms with E-state index in [2.05, 4.69) is 24.3 Å². The van der Waals surface area contributed by atoms with Crippen molar-refractivity contribution in [3.8, 4) is 0 Å². The van der Waals surface area contributed by atoms with Crippen LogP contribution in [0.1, 0.15) is 37.0 Å². The number of nitrogens with zero attached hydrogens (tertiary/aromatic N) is 2. The van der Waals surface area contributed by atoms with Gasteiger partial charge in [-0.05, 0) is 31.7 Å². The van der Waals surface area contributed by atoms with E-state index in [9.17, 15) is 4.79 Å². The third-order valence-corrected chi connectivity index (χ3v) is 3.59. The fourth-order valence-electron chi connectivity index (χ4n) is 2.42. The van der Waals surface area contributed by atoms with E-state index < -0.39 is 0 Å². The molecule has 3 N–H and O–H groups in total. The number of nitrogen functional groups attached to an aromatic ring is 1. The Morgan fingerprint density at radius 2 is 2.28 bits per heavy atom. The van der Waals surface area contributed by atoms with Gasteiger partial charge in [-0.15, -0.1) is 0 Å². The van der Waals surface area contributed by atoms with Crippen molar-refractivity contribution in [2.45, 2.75) is 32.7 Å². The number of carbonyl (C=O) groups is 1. The molecule has 2 atom stereocenters. The van der Waals surface area contributed by atoms with Gasteiger partial charge in [-0.3, -0.25) is 15.6 Å². The quantitative estimate of drug-likeness (QED) is 0.616. The number of carbonyl (C=O) groups excluding carboxylic acids is 1. The second kappa shape index (κ2) is 5.35. The van der Waals surface area contributed by atoms with E-state index in [1.807, 2.05) is 4.90 Å². The normalized spacial score (nSPS) is 23.8. The van der Waals surface area contributed by atoms with E-state index in [1.165, 1.54) is 6.42 Å². The molecule has 1 aromatic rings. The standard InChI is InChI=1S/C13H20N4O/c1-9-3-4-10(2)17(8-9)13(18)11-5-6-15-7-12(11)16-14/h5-7,9-10,16H,3-4,8,14H2,1-2H3. The summed E-state index contributed by atoms with van der Waals surface area (Å²) in [6.07, 6.45) is 5.43. The zero-order chi connectivity index (χ0) is 13.1. The molecule has 5 nitrogen and oxygen atoms in total. The van der Waals surface area contributed by atoms with Crippen molar-refractivity contribution in [1.29, 1.82) is 0 Å². The van der Waals surface area contributed by atoms with Crippen LogP contribution >= 0.6 is 0 Å². The molecule has 1 aliphatic rings. The highest BCUT2D eigenvalue weighted by atomic mass is 16.2. The van der Waals surface area contributed by atoms with Crippen molar-refractivity contribution < 1.29 is 4.79 Å². The summed E-state index contributed by atoms with van der Waals surface area (Å²) in [5.74, 6) is 6.01. The molecule has 2 heterocycles. The number of anilines is 1. The molecule has 0 radical (unpaired) electrons. The molecule has 0 bridgehead atoms. The Morgan fingerprint density at radius 1 is 1.50 bits per heavy atom. The Hall–Kier alpha value is -1.62. The molecule has 18 heavy (non-hydrogen) atoms. The molecule has 0 aromatic carbocycles. The van der Waals surface area contributed by atoms with Crippen molar-refractivity contribution >= 4 is 11.6 Å². The Labute approximate surface area is 107 Å². The fourth-order valence-corrected chi connectivity index (χ4v) is 2.42. The molecule has 0 saturated carbocycles. The molecular weight excluding hydrogens is 228 g/mol. The summed E-state index contributed by atoms with van der Waals surface area (Å²) in [4.78, 5) is 18.4. The number of hydrogen-bond donors (Lipinski definition) is 2. The molecule has 1 saturated heterocycles. The van der Waals surface area contributed by atoms with E-state index in [-0.39, 0.29) is 11.9 Å². The molecule has 2 rings (SSSR count). The molecule has 98 valence electrons. The van der Waals surface area contributed by atoms with Crippen LogP contribution in [0.2, 0.25) is 0 Å². The van der Waals surface area contributed by atoms with Gasteiger partial charge in [0, 0.05) is 18.8 Å². The number of nitrogens with one attached hydrogen (secondary N) is 1. The maximum absolute atomic E-state index is 12.5. The Kier molecular flexibility index (Phi) is 3.81. The predicted octanol–water partition coefficient (Wildman–Crippen LogP) is 1.63. The number of piperidine rings is 1. The molecule has 1 aliphatic heterocycles. The largest absolute Gasteiger partial charge is 0.336 e. The SMILES string of the molecule is CC1CCC(C)N(C(=O)c2ccncc2NN)C1. The van der Waals surface area contributed by atoms with Gasteiger partial charge in [0.2, 0.25) is 0 Å². The first-order valence-electron chi connectivity index (χ1n) is 6.35. The van der Waals surface area contributed by atoms with Gasteiger partial charge in [0.05, 0.1) is 17.4 Å². The molecule has 1 amide bonds. The van der Waals surface area contributed by atoms with Gasteiger partial charge in [0.15, 0.2) is 0 Å². The van der Waals surface area contributed by atoms with Crippen LogP contribution in [0.3, 0.4) is 0 Å². The lowest BCUT2D eigenvalue weighted by atomic mass is 9.94. The average Bonchev–Trinajstić information content (AvgIpc) is 2.40. The topological polar surface area (TPSA) is 71.2 Å². The third-order valence-electron chi connectivity index (χ3n) is 3.59. The summed E-state index contributed by atoms with van der Waals surface area (Å²) in [6, 6.07) is 2.00. The lowest BCUT2D eigenvalue weighted by Crippen LogP contribution is -2.45. The molecular formula is C13H20N4O. The van der Waals surface area contributed by atoms with Gasteiger partial charge < -0.3 is 10.3 Å². The average molecular weight is 248 g/mol. The van der Waals surface area contributed by atoms with Gasteiger partial charge in [0.25, 0.3) is 5.91 Å². The van der Waals surface area contributed by atoms with E-state index in [0.29, 0.717) is 17.2 Å². The number of likely N-dealkylation sites (tertiary alicyclic amines) is 1. The van der Waals surface area contributed by atoms with Crippen molar-refractivity contribution in [2.75, 3.05) is 12.0 Å². The summed E-state index contributed by atoms with van der Waals surface area (Å²) < 4.78 is 0. The van der Waals surface area contributed by atoms with Crippen molar-refractivity contribution in [2.24, 2.45) is 11.8 Å². The Morgan fingerprint density at radius 3 is 3.00 bits per heavy atom. The number of hydrogen-bond acceptors (Lipinski definition) is 4. The summed E-state index contributed by atoms with van der Waals surface area (Å²) >= 11 is 0. The van der Waals surface area contributed by atoms with Gasteiger partial charge in [-0.1, -0.05) is 6.92 Å². The van der Waals surface area contributed by atoms with E-state index in [4.69, 9.17) is 5.84 Å². The highest BCUT2D eigenvalue weighted by Crippen LogP contribution is 2.25. The minimum atomic E-state index is 0.0319. The fraction of sp³-hybridized carbons (Fsp3) is 0.538. The van der Waals surface area contributed by atoms with Gasteiger partial charge in [0.1, 0.15) is 0 Å². The van der Waals surface area contributed by atoms with E-state index in [1.54, 1.807) is 18.5 Å². The smallest absolute Gasteiger partial charge is 0.256 e. The van der Waals surface area contributed by atoms with E-state index in [0.717, 1.165) is 13.0 Å². The van der Waals surface area contributed by atoms with Gasteiger partial charge >= 0.3 is 0 Å². The monoisotopic (exact) mass is 248 g/mol. The van der Waals surface area contributed by atoms with Crippen LogP contribution in [-0.4, -0.2) is 28.4 Å². The van der Waals surface area contributed by atoms with Crippen LogP contribution in [0.15, 0.2) is 18.5 Å². The zero-order valence-corrected chi connectivity index (χ0v) is 10.9. The summed E-state index contributed by atoms with van der Waals surface area (Å²) in [6.45, 7) is 5.09. The van der Waals surface area contributed by atoms with Crippen LogP contribution in [0.4, 0.5) is 5.69 Å². The lowest BCUT2D eigenvalue weighted by Gasteiger charge is -2.37. The highest BCUT2D eigenvalue weighted by molar-refractivity contribution is 5.99. The zero-order valence-electron chi connectivity index (χ0n) is 10.9. The number of hydrazine groups is 1. The van der Waals surface area contributed by atoms with Crippen LogP contribution in [-0.2, 0) is 0 Å². The van der Waals surface area contributed by atoms with Crippen molar-refractivity contribution in [1.82, 2.24) is 9.88 Å². The minimum Gasteiger partial charge on any atom is -0.336 e. The van der Waals surface area contributed by atoms with Crippen LogP contribution in [0, 0.1) is 5.92 Å². The Bertz CT molecular complexity index is 435. The van der Waals surface area contributed by atoms with Crippen LogP contribution in [0.5, 0.6) is 0 Å². The molecule has 0 aliphatic carbocycles. The lowest BCUT2D eigenvalue weighted by molar-refractivity contribution is 0.0575. The van der Waals surface area contributed by atoms with Crippen molar-refractivity contribution in [3.05, 3.63) is 24.0 Å². The molecule has 1 fully saturated rings. The minimum absolute atomic E-state index is 0.0319. The first kappa shape index (κ1) is 12.8. The van der Waals surface area contributed by atoms with Crippen molar-refractivity contribution in [3.63, 3.8) is 0 Å². The second-order valence-electron chi connectivity index (χ2n) is 5.05. The van der Waals surface area contributed by atoms with Gasteiger partial charge in [-0.25, -0.2) is 0 Å². The second-order valence-corrected chi connectivity index (χ2v) is 5.05. The maximum atomic E-state index is 12.5. The molecule has 5 heteroatoms. The molecule has 2 unspecified atom stereocenters. The van der Waals surface area contributed by atoms with Crippen LogP contribution < -0.4 is 11.3 Å². The number of rotatable bonds is 2. The number of nitrogens with two attached hydrogens (primary N) is 1. The summed E-state index contributed by atoms with van der Waals surface area (Å²) in [5.41, 5.74) is 3.70. The predicted molar refractivity (Wildman–Crippen MR) is 70.9 cm³/mol. The number of amides is 1. The van der Waals surface area contributed by atoms with Crippen LogP contribution in [0.25, 0.3) is 0 Å². The summed E-state index contributed by atoms with van der Waals surface area (Å²) in [7, 11) is 0. The maximum Gasteiger partial charge on any atom is 0.256 e. The Balaban J connectivity index is 2.24.